The zero-order valence-electron chi connectivity index (χ0n) is 12.4. The first kappa shape index (κ1) is 14.8. The third kappa shape index (κ3) is 2.41. The Morgan fingerprint density at radius 3 is 2.68 bits per heavy atom. The monoisotopic (exact) mass is 316 g/mol. The van der Waals surface area contributed by atoms with Crippen LogP contribution in [0.5, 0.6) is 5.75 Å². The number of Topliss-reactive ketones (excluding diaryl/α,β-unsaturated/α-hetero) is 1. The molecule has 1 saturated carbocycles. The number of thiophene rings is 1. The van der Waals surface area contributed by atoms with Crippen LogP contribution < -0.4 is 4.74 Å². The second-order valence-corrected chi connectivity index (χ2v) is 6.37. The first-order valence-corrected chi connectivity index (χ1v) is 7.76. The van der Waals surface area contributed by atoms with E-state index in [1.165, 1.54) is 18.4 Å². The lowest BCUT2D eigenvalue weighted by molar-refractivity contribution is -0.142. The molecule has 1 fully saturated rings. The van der Waals surface area contributed by atoms with Gasteiger partial charge in [-0.25, -0.2) is 0 Å². The van der Waals surface area contributed by atoms with Crippen molar-refractivity contribution < 1.29 is 19.1 Å². The Morgan fingerprint density at radius 1 is 1.27 bits per heavy atom. The fraction of sp³-hybridized carbons (Fsp3) is 0.294. The van der Waals surface area contributed by atoms with Gasteiger partial charge >= 0.3 is 5.97 Å². The quantitative estimate of drug-likeness (QED) is 0.625. The molecule has 0 spiro atoms. The summed E-state index contributed by atoms with van der Waals surface area (Å²) in [7, 11) is 2.96. The van der Waals surface area contributed by atoms with Crippen molar-refractivity contribution in [2.75, 3.05) is 14.2 Å². The van der Waals surface area contributed by atoms with Crippen molar-refractivity contribution >= 4 is 39.3 Å². The Kier molecular flexibility index (Phi) is 3.74. The second-order valence-electron chi connectivity index (χ2n) is 5.28. The molecule has 22 heavy (non-hydrogen) atoms. The van der Waals surface area contributed by atoms with Crippen LogP contribution in [0.4, 0.5) is 0 Å². The van der Waals surface area contributed by atoms with Crippen molar-refractivity contribution in [2.24, 2.45) is 11.8 Å². The molecule has 5 heteroatoms. The number of hydrogen-bond acceptors (Lipinski definition) is 5. The molecule has 0 amide bonds. The summed E-state index contributed by atoms with van der Waals surface area (Å²) in [6, 6.07) is 5.75. The van der Waals surface area contributed by atoms with Crippen molar-refractivity contribution in [3.8, 4) is 5.75 Å². The number of methoxy groups -OCH3 is 2. The van der Waals surface area contributed by atoms with Gasteiger partial charge in [-0.05, 0) is 30.0 Å². The molecule has 1 aromatic heterocycles. The average molecular weight is 316 g/mol. The number of esters is 1. The third-order valence-electron chi connectivity index (χ3n) is 3.96. The highest BCUT2D eigenvalue weighted by Gasteiger charge is 2.49. The maximum absolute atomic E-state index is 12.5. The number of hydrogen-bond donors (Lipinski definition) is 0. The molecule has 0 unspecified atom stereocenters. The van der Waals surface area contributed by atoms with Gasteiger partial charge in [-0.1, -0.05) is 12.7 Å². The van der Waals surface area contributed by atoms with Gasteiger partial charge in [0.05, 0.1) is 25.0 Å². The Bertz CT molecular complexity index is 774. The molecular formula is C17H16O4S. The van der Waals surface area contributed by atoms with E-state index < -0.39 is 0 Å². The normalized spacial score (nSPS) is 19.7. The maximum atomic E-state index is 12.5. The van der Waals surface area contributed by atoms with E-state index >= 15 is 0 Å². The molecule has 0 aliphatic heterocycles. The molecule has 0 bridgehead atoms. The minimum Gasteiger partial charge on any atom is -0.496 e. The van der Waals surface area contributed by atoms with Crippen LogP contribution in [0.25, 0.3) is 16.2 Å². The Labute approximate surface area is 132 Å². The zero-order valence-corrected chi connectivity index (χ0v) is 13.2. The smallest absolute Gasteiger partial charge is 0.309 e. The van der Waals surface area contributed by atoms with Crippen LogP contribution in [0.15, 0.2) is 24.8 Å². The number of fused-ring (bicyclic) bond motifs is 1. The van der Waals surface area contributed by atoms with Crippen LogP contribution >= 0.6 is 11.3 Å². The number of rotatable bonds is 5. The molecule has 3 rings (SSSR count). The number of carbonyl (C=O) groups is 2. The average Bonchev–Trinajstić information content (AvgIpc) is 3.24. The lowest BCUT2D eigenvalue weighted by atomic mass is 10.1. The minimum absolute atomic E-state index is 0.0238. The van der Waals surface area contributed by atoms with Crippen molar-refractivity contribution in [1.29, 1.82) is 0 Å². The zero-order chi connectivity index (χ0) is 15.9. The van der Waals surface area contributed by atoms with E-state index in [9.17, 15) is 9.59 Å². The van der Waals surface area contributed by atoms with E-state index in [0.717, 1.165) is 21.4 Å². The van der Waals surface area contributed by atoms with Gasteiger partial charge in [-0.15, -0.1) is 11.3 Å². The van der Waals surface area contributed by atoms with Crippen molar-refractivity contribution in [3.05, 3.63) is 35.2 Å². The Morgan fingerprint density at radius 2 is 2.05 bits per heavy atom. The van der Waals surface area contributed by atoms with Gasteiger partial charge in [-0.2, -0.15) is 0 Å². The van der Waals surface area contributed by atoms with Gasteiger partial charge in [0.15, 0.2) is 5.78 Å². The number of ketones is 1. The molecule has 0 saturated heterocycles. The highest BCUT2D eigenvalue weighted by molar-refractivity contribution is 7.20. The number of carbonyl (C=O) groups excluding carboxylic acids is 2. The number of ether oxygens (including phenoxy) is 2. The van der Waals surface area contributed by atoms with E-state index in [2.05, 4.69) is 6.58 Å². The first-order chi connectivity index (χ1) is 10.6. The van der Waals surface area contributed by atoms with Crippen LogP contribution in [-0.4, -0.2) is 26.0 Å². The molecule has 1 aromatic carbocycles. The summed E-state index contributed by atoms with van der Waals surface area (Å²) in [6.07, 6.45) is 2.31. The maximum Gasteiger partial charge on any atom is 0.309 e. The predicted molar refractivity (Wildman–Crippen MR) is 86.4 cm³/mol. The molecule has 1 aliphatic rings. The lowest BCUT2D eigenvalue weighted by Gasteiger charge is -2.04. The summed E-state index contributed by atoms with van der Waals surface area (Å²) < 4.78 is 11.0. The summed E-state index contributed by atoms with van der Waals surface area (Å²) >= 11 is 1.43. The summed E-state index contributed by atoms with van der Waals surface area (Å²) in [6.45, 7) is 3.77. The summed E-state index contributed by atoms with van der Waals surface area (Å²) in [5.41, 5.74) is 0.894. The van der Waals surface area contributed by atoms with Crippen LogP contribution in [0.3, 0.4) is 0 Å². The van der Waals surface area contributed by atoms with Gasteiger partial charge in [-0.3, -0.25) is 9.59 Å². The van der Waals surface area contributed by atoms with Gasteiger partial charge in [0.25, 0.3) is 0 Å². The van der Waals surface area contributed by atoms with E-state index in [-0.39, 0.29) is 23.6 Å². The van der Waals surface area contributed by atoms with Gasteiger partial charge in [0.2, 0.25) is 0 Å². The lowest BCUT2D eigenvalue weighted by Crippen LogP contribution is -2.09. The van der Waals surface area contributed by atoms with Crippen molar-refractivity contribution in [3.63, 3.8) is 0 Å². The largest absolute Gasteiger partial charge is 0.496 e. The Balaban J connectivity index is 1.91. The van der Waals surface area contributed by atoms with Gasteiger partial charge in [0, 0.05) is 16.2 Å². The van der Waals surface area contributed by atoms with Crippen molar-refractivity contribution in [2.45, 2.75) is 6.42 Å². The van der Waals surface area contributed by atoms with E-state index in [0.29, 0.717) is 11.3 Å². The fourth-order valence-corrected chi connectivity index (χ4v) is 3.70. The summed E-state index contributed by atoms with van der Waals surface area (Å²) in [5, 5.41) is 0.985. The van der Waals surface area contributed by atoms with E-state index in [1.807, 2.05) is 18.2 Å². The highest BCUT2D eigenvalue weighted by atomic mass is 32.1. The highest BCUT2D eigenvalue weighted by Crippen LogP contribution is 2.44. The van der Waals surface area contributed by atoms with E-state index in [4.69, 9.17) is 9.47 Å². The number of benzene rings is 1. The molecule has 4 nitrogen and oxygen atoms in total. The fourth-order valence-electron chi connectivity index (χ4n) is 2.62. The third-order valence-corrected chi connectivity index (χ3v) is 5.07. The molecule has 2 atom stereocenters. The SMILES string of the molecule is C=Cc1cc2cc(C(=O)[C@@H]3C[C@@H]3C(=O)OC)sc2cc1OC. The van der Waals surface area contributed by atoms with E-state index in [1.54, 1.807) is 13.2 Å². The summed E-state index contributed by atoms with van der Waals surface area (Å²) in [5.74, 6) is -0.0460. The van der Waals surface area contributed by atoms with Gasteiger partial charge in [0.1, 0.15) is 5.75 Å². The molecule has 1 heterocycles. The standard InChI is InChI=1S/C17H16O4S/c1-4-9-5-10-6-15(22-14(10)8-13(9)20-2)16(18)11-7-12(11)17(19)21-3/h4-6,8,11-12H,1,7H2,2-3H3/t11-,12+/m1/s1. The van der Waals surface area contributed by atoms with Crippen LogP contribution in [0.2, 0.25) is 0 Å². The van der Waals surface area contributed by atoms with Crippen LogP contribution in [0, 0.1) is 11.8 Å². The first-order valence-electron chi connectivity index (χ1n) is 6.95. The minimum atomic E-state index is -0.296. The molecule has 1 aliphatic carbocycles. The Hall–Kier alpha value is -2.14. The topological polar surface area (TPSA) is 52.6 Å². The van der Waals surface area contributed by atoms with Gasteiger partial charge < -0.3 is 9.47 Å². The molecule has 0 radical (unpaired) electrons. The van der Waals surface area contributed by atoms with Crippen LogP contribution in [-0.2, 0) is 9.53 Å². The predicted octanol–water partition coefficient (Wildman–Crippen LogP) is 3.54. The van der Waals surface area contributed by atoms with Crippen molar-refractivity contribution in [1.82, 2.24) is 0 Å². The molecular weight excluding hydrogens is 300 g/mol. The second kappa shape index (κ2) is 5.57. The molecule has 114 valence electrons. The van der Waals surface area contributed by atoms with Crippen LogP contribution in [0.1, 0.15) is 21.7 Å². The molecule has 0 N–H and O–H groups in total. The molecule has 2 aromatic rings. The summed E-state index contributed by atoms with van der Waals surface area (Å²) in [4.78, 5) is 24.6.